The molecule has 1 aliphatic carbocycles. The van der Waals surface area contributed by atoms with E-state index >= 15 is 0 Å². The molecule has 1 aliphatic rings. The van der Waals surface area contributed by atoms with E-state index in [1.165, 1.54) is 32.1 Å². The van der Waals surface area contributed by atoms with Gasteiger partial charge in [-0.25, -0.2) is 4.68 Å². The van der Waals surface area contributed by atoms with E-state index in [-0.39, 0.29) is 0 Å². The van der Waals surface area contributed by atoms with Gasteiger partial charge >= 0.3 is 0 Å². The fourth-order valence-corrected chi connectivity index (χ4v) is 4.50. The van der Waals surface area contributed by atoms with E-state index in [0.29, 0.717) is 6.04 Å². The number of rotatable bonds is 5. The number of hydrogen-bond acceptors (Lipinski definition) is 5. The Bertz CT molecular complexity index is 1030. The molecule has 3 aromatic rings. The molecule has 0 spiro atoms. The van der Waals surface area contributed by atoms with Crippen molar-refractivity contribution in [2.75, 3.05) is 7.11 Å². The highest BCUT2D eigenvalue weighted by atomic mass is 32.1. The van der Waals surface area contributed by atoms with Crippen LogP contribution in [0.5, 0.6) is 5.75 Å². The summed E-state index contributed by atoms with van der Waals surface area (Å²) in [6.45, 7) is 2.02. The van der Waals surface area contributed by atoms with Crippen molar-refractivity contribution in [2.45, 2.75) is 45.1 Å². The third kappa shape index (κ3) is 4.65. The first kappa shape index (κ1) is 19.6. The van der Waals surface area contributed by atoms with Gasteiger partial charge in [0.05, 0.1) is 24.6 Å². The molecule has 1 saturated carbocycles. The number of nitrogens with zero attached hydrogens (tertiary/aromatic N) is 4. The minimum absolute atomic E-state index is 0.395. The Kier molecular flexibility index (Phi) is 6.20. The van der Waals surface area contributed by atoms with Crippen LogP contribution in [0.2, 0.25) is 0 Å². The van der Waals surface area contributed by atoms with Gasteiger partial charge < -0.3 is 4.74 Å². The lowest BCUT2D eigenvalue weighted by Crippen LogP contribution is -2.19. The standard InChI is InChI=1S/C23H26N4OS/c1-17(19-7-6-14-24-15-19)26-27-22(18-10-12-21(28-2)13-11-18)16-29-23(27)25-20-8-4-3-5-9-20/h6-7,10-16,20H,3-5,8-9H2,1-2H3. The van der Waals surface area contributed by atoms with E-state index in [1.54, 1.807) is 24.6 Å². The van der Waals surface area contributed by atoms with Crippen LogP contribution in [-0.2, 0) is 0 Å². The zero-order chi connectivity index (χ0) is 20.1. The highest BCUT2D eigenvalue weighted by molar-refractivity contribution is 7.07. The Morgan fingerprint density at radius 1 is 1.14 bits per heavy atom. The highest BCUT2D eigenvalue weighted by Crippen LogP contribution is 2.24. The molecule has 0 atom stereocenters. The van der Waals surface area contributed by atoms with E-state index in [2.05, 4.69) is 22.5 Å². The first-order valence-electron chi connectivity index (χ1n) is 10.1. The van der Waals surface area contributed by atoms with Crippen molar-refractivity contribution in [3.63, 3.8) is 0 Å². The summed E-state index contributed by atoms with van der Waals surface area (Å²) in [4.78, 5) is 10.3. The smallest absolute Gasteiger partial charge is 0.206 e. The second-order valence-electron chi connectivity index (χ2n) is 7.29. The van der Waals surface area contributed by atoms with Crippen molar-refractivity contribution in [1.29, 1.82) is 0 Å². The topological polar surface area (TPSA) is 51.8 Å². The van der Waals surface area contributed by atoms with Crippen molar-refractivity contribution >= 4 is 17.0 Å². The maximum Gasteiger partial charge on any atom is 0.206 e. The first-order chi connectivity index (χ1) is 14.2. The Balaban J connectivity index is 1.79. The van der Waals surface area contributed by atoms with Crippen LogP contribution in [0, 0.1) is 0 Å². The van der Waals surface area contributed by atoms with Crippen LogP contribution >= 0.6 is 11.3 Å². The Hall–Kier alpha value is -2.73. The number of pyridine rings is 1. The van der Waals surface area contributed by atoms with Gasteiger partial charge in [0.1, 0.15) is 5.75 Å². The van der Waals surface area contributed by atoms with Crippen LogP contribution in [0.15, 0.2) is 64.3 Å². The molecule has 29 heavy (non-hydrogen) atoms. The van der Waals surface area contributed by atoms with Gasteiger partial charge in [-0.05, 0) is 50.1 Å². The number of benzene rings is 1. The lowest BCUT2D eigenvalue weighted by Gasteiger charge is -2.17. The molecule has 150 valence electrons. The molecule has 0 saturated heterocycles. The lowest BCUT2D eigenvalue weighted by molar-refractivity contribution is 0.415. The maximum absolute atomic E-state index is 5.31. The van der Waals surface area contributed by atoms with Gasteiger partial charge in [0.15, 0.2) is 0 Å². The van der Waals surface area contributed by atoms with Crippen molar-refractivity contribution in [2.24, 2.45) is 10.1 Å². The summed E-state index contributed by atoms with van der Waals surface area (Å²) in [6, 6.07) is 12.5. The summed E-state index contributed by atoms with van der Waals surface area (Å²) in [5.74, 6) is 0.845. The number of hydrogen-bond donors (Lipinski definition) is 0. The molecule has 6 heteroatoms. The quantitative estimate of drug-likeness (QED) is 0.552. The summed E-state index contributed by atoms with van der Waals surface area (Å²) in [5.41, 5.74) is 4.05. The van der Waals surface area contributed by atoms with E-state index in [9.17, 15) is 0 Å². The van der Waals surface area contributed by atoms with Crippen molar-refractivity contribution in [3.8, 4) is 17.0 Å². The Labute approximate surface area is 175 Å². The average molecular weight is 407 g/mol. The minimum Gasteiger partial charge on any atom is -0.497 e. The monoisotopic (exact) mass is 406 g/mol. The van der Waals surface area contributed by atoms with Gasteiger partial charge in [-0.2, -0.15) is 5.10 Å². The van der Waals surface area contributed by atoms with Crippen molar-refractivity contribution in [3.05, 3.63) is 64.5 Å². The number of ether oxygens (including phenoxy) is 1. The van der Waals surface area contributed by atoms with Gasteiger partial charge in [-0.15, -0.1) is 11.3 Å². The summed E-state index contributed by atoms with van der Waals surface area (Å²) in [6.07, 6.45) is 9.82. The summed E-state index contributed by atoms with van der Waals surface area (Å²) in [7, 11) is 1.68. The lowest BCUT2D eigenvalue weighted by atomic mass is 9.96. The number of methoxy groups -OCH3 is 1. The normalized spacial score (nSPS) is 16.2. The van der Waals surface area contributed by atoms with E-state index < -0.39 is 0 Å². The zero-order valence-electron chi connectivity index (χ0n) is 16.9. The molecule has 0 unspecified atom stereocenters. The number of thiazole rings is 1. The molecule has 0 amide bonds. The SMILES string of the molecule is COc1ccc(-c2csc(=NC3CCCCC3)n2N=C(C)c2cccnc2)cc1. The van der Waals surface area contributed by atoms with E-state index in [0.717, 1.165) is 33.1 Å². The Morgan fingerprint density at radius 3 is 2.62 bits per heavy atom. The molecular formula is C23H26N4OS. The second kappa shape index (κ2) is 9.18. The van der Waals surface area contributed by atoms with Gasteiger partial charge in [0.2, 0.25) is 4.80 Å². The van der Waals surface area contributed by atoms with Crippen molar-refractivity contribution in [1.82, 2.24) is 9.66 Å². The largest absolute Gasteiger partial charge is 0.497 e. The maximum atomic E-state index is 5.31. The fraction of sp³-hybridized carbons (Fsp3) is 0.348. The zero-order valence-corrected chi connectivity index (χ0v) is 17.7. The van der Waals surface area contributed by atoms with Crippen LogP contribution < -0.4 is 9.54 Å². The minimum atomic E-state index is 0.395. The molecule has 0 aliphatic heterocycles. The molecule has 0 radical (unpaired) electrons. The van der Waals surface area contributed by atoms with E-state index in [4.69, 9.17) is 14.8 Å². The molecule has 2 heterocycles. The number of aromatic nitrogens is 2. The van der Waals surface area contributed by atoms with Gasteiger partial charge in [-0.3, -0.25) is 9.98 Å². The molecule has 0 N–H and O–H groups in total. The summed E-state index contributed by atoms with van der Waals surface area (Å²) in [5, 5.41) is 7.09. The van der Waals surface area contributed by atoms with Crippen LogP contribution in [-0.4, -0.2) is 28.5 Å². The van der Waals surface area contributed by atoms with Gasteiger partial charge in [-0.1, -0.05) is 25.3 Å². The highest BCUT2D eigenvalue weighted by Gasteiger charge is 2.14. The first-order valence-corrected chi connectivity index (χ1v) is 11.0. The third-order valence-electron chi connectivity index (χ3n) is 5.27. The average Bonchev–Trinajstić information content (AvgIpc) is 3.17. The molecule has 0 bridgehead atoms. The summed E-state index contributed by atoms with van der Waals surface area (Å²) >= 11 is 1.65. The molecule has 4 rings (SSSR count). The van der Waals surface area contributed by atoms with Crippen LogP contribution in [0.4, 0.5) is 0 Å². The van der Waals surface area contributed by atoms with Crippen LogP contribution in [0.25, 0.3) is 11.3 Å². The van der Waals surface area contributed by atoms with Crippen molar-refractivity contribution < 1.29 is 4.74 Å². The van der Waals surface area contributed by atoms with Gasteiger partial charge in [0, 0.05) is 28.9 Å². The Morgan fingerprint density at radius 2 is 1.93 bits per heavy atom. The molecular weight excluding hydrogens is 380 g/mol. The summed E-state index contributed by atoms with van der Waals surface area (Å²) < 4.78 is 7.30. The second-order valence-corrected chi connectivity index (χ2v) is 8.13. The molecule has 1 aromatic carbocycles. The molecule has 5 nitrogen and oxygen atoms in total. The predicted octanol–water partition coefficient (Wildman–Crippen LogP) is 5.13. The van der Waals surface area contributed by atoms with Crippen LogP contribution in [0.3, 0.4) is 0 Å². The fourth-order valence-electron chi connectivity index (χ4n) is 3.60. The van der Waals surface area contributed by atoms with Gasteiger partial charge in [0.25, 0.3) is 0 Å². The van der Waals surface area contributed by atoms with Crippen LogP contribution in [0.1, 0.15) is 44.6 Å². The molecule has 2 aromatic heterocycles. The third-order valence-corrected chi connectivity index (χ3v) is 6.10. The predicted molar refractivity (Wildman–Crippen MR) is 119 cm³/mol. The van der Waals surface area contributed by atoms with E-state index in [1.807, 2.05) is 42.1 Å². The molecule has 1 fully saturated rings.